The van der Waals surface area contributed by atoms with Gasteiger partial charge in [-0.1, -0.05) is 73.7 Å². The lowest BCUT2D eigenvalue weighted by Crippen LogP contribution is -2.44. The van der Waals surface area contributed by atoms with Gasteiger partial charge in [0, 0.05) is 28.9 Å². The van der Waals surface area contributed by atoms with Gasteiger partial charge in [0.2, 0.25) is 0 Å². The Kier molecular flexibility index (Phi) is 5.34. The zero-order valence-corrected chi connectivity index (χ0v) is 18.1. The molecule has 0 saturated heterocycles. The van der Waals surface area contributed by atoms with Crippen LogP contribution in [0.2, 0.25) is 0 Å². The van der Waals surface area contributed by atoms with Crippen molar-refractivity contribution in [2.75, 3.05) is 6.61 Å². The Morgan fingerprint density at radius 3 is 2.24 bits per heavy atom. The molecule has 1 aliphatic rings. The molecular weight excluding hydrogens is 416 g/mol. The molecule has 2 atom stereocenters. The highest BCUT2D eigenvalue weighted by Gasteiger charge is 2.32. The van der Waals surface area contributed by atoms with E-state index in [1.807, 2.05) is 60.7 Å². The molecule has 3 N–H and O–H groups in total. The normalized spacial score (nSPS) is 14.3. The maximum atomic E-state index is 12.7. The molecule has 6 nitrogen and oxygen atoms in total. The van der Waals surface area contributed by atoms with Crippen molar-refractivity contribution in [1.29, 1.82) is 0 Å². The SMILES string of the molecule is C[C@H](c1c[nH]c2ccccc12)[C@@H](NC(=O)OCC1c2ccccc2-c2ccccc21)C(=O)O. The van der Waals surface area contributed by atoms with E-state index < -0.39 is 24.0 Å². The van der Waals surface area contributed by atoms with Gasteiger partial charge in [0.25, 0.3) is 0 Å². The average Bonchev–Trinajstić information content (AvgIpc) is 3.40. The highest BCUT2D eigenvalue weighted by molar-refractivity contribution is 5.86. The summed E-state index contributed by atoms with van der Waals surface area (Å²) in [6, 6.07) is 22.7. The fourth-order valence-corrected chi connectivity index (χ4v) is 4.82. The summed E-state index contributed by atoms with van der Waals surface area (Å²) in [5.41, 5.74) is 6.24. The molecule has 33 heavy (non-hydrogen) atoms. The Morgan fingerprint density at radius 2 is 1.58 bits per heavy atom. The van der Waals surface area contributed by atoms with Crippen molar-refractivity contribution < 1.29 is 19.4 Å². The lowest BCUT2D eigenvalue weighted by Gasteiger charge is -2.22. The predicted octanol–water partition coefficient (Wildman–Crippen LogP) is 5.26. The number of alkyl carbamates (subject to hydrolysis) is 1. The Balaban J connectivity index is 1.31. The molecule has 1 heterocycles. The fraction of sp³-hybridized carbons (Fsp3) is 0.185. The van der Waals surface area contributed by atoms with Gasteiger partial charge in [-0.3, -0.25) is 0 Å². The van der Waals surface area contributed by atoms with E-state index in [9.17, 15) is 14.7 Å². The fourth-order valence-electron chi connectivity index (χ4n) is 4.82. The molecule has 1 aromatic heterocycles. The smallest absolute Gasteiger partial charge is 0.407 e. The number of carboxylic acids is 1. The zero-order chi connectivity index (χ0) is 22.9. The number of ether oxygens (including phenoxy) is 1. The number of nitrogens with one attached hydrogen (secondary N) is 2. The molecule has 1 aliphatic carbocycles. The molecule has 4 aromatic rings. The summed E-state index contributed by atoms with van der Waals surface area (Å²) in [5, 5.41) is 13.3. The number of aromatic amines is 1. The van der Waals surface area contributed by atoms with Crippen molar-refractivity contribution >= 4 is 23.0 Å². The van der Waals surface area contributed by atoms with Crippen LogP contribution in [-0.2, 0) is 9.53 Å². The van der Waals surface area contributed by atoms with Crippen LogP contribution in [0.1, 0.15) is 35.4 Å². The highest BCUT2D eigenvalue weighted by Crippen LogP contribution is 2.44. The Labute approximate surface area is 191 Å². The van der Waals surface area contributed by atoms with Crippen LogP contribution in [0, 0.1) is 0 Å². The topological polar surface area (TPSA) is 91.4 Å². The first-order chi connectivity index (χ1) is 16.0. The van der Waals surface area contributed by atoms with Gasteiger partial charge >= 0.3 is 12.1 Å². The maximum Gasteiger partial charge on any atom is 0.407 e. The van der Waals surface area contributed by atoms with Crippen LogP contribution < -0.4 is 5.32 Å². The van der Waals surface area contributed by atoms with Crippen molar-refractivity contribution in [1.82, 2.24) is 10.3 Å². The van der Waals surface area contributed by atoms with Crippen LogP contribution in [0.5, 0.6) is 0 Å². The van der Waals surface area contributed by atoms with Crippen molar-refractivity contribution in [3.05, 3.63) is 95.7 Å². The molecule has 0 radical (unpaired) electrons. The van der Waals surface area contributed by atoms with Crippen LogP contribution in [0.25, 0.3) is 22.0 Å². The molecule has 0 fully saturated rings. The second-order valence-electron chi connectivity index (χ2n) is 8.36. The summed E-state index contributed by atoms with van der Waals surface area (Å²) in [6.45, 7) is 1.92. The first-order valence-electron chi connectivity index (χ1n) is 10.9. The third-order valence-electron chi connectivity index (χ3n) is 6.49. The van der Waals surface area contributed by atoms with Crippen molar-refractivity contribution in [2.24, 2.45) is 0 Å². The number of amides is 1. The number of aliphatic carboxylic acids is 1. The van der Waals surface area contributed by atoms with Crippen LogP contribution in [0.15, 0.2) is 79.0 Å². The summed E-state index contributed by atoms with van der Waals surface area (Å²) >= 11 is 0. The van der Waals surface area contributed by atoms with Crippen LogP contribution >= 0.6 is 0 Å². The monoisotopic (exact) mass is 440 g/mol. The predicted molar refractivity (Wildman–Crippen MR) is 126 cm³/mol. The molecule has 1 amide bonds. The molecule has 0 unspecified atom stereocenters. The molecule has 166 valence electrons. The van der Waals surface area contributed by atoms with Crippen LogP contribution in [-0.4, -0.2) is 34.8 Å². The van der Waals surface area contributed by atoms with Gasteiger partial charge in [-0.2, -0.15) is 0 Å². The minimum atomic E-state index is -1.13. The first-order valence-corrected chi connectivity index (χ1v) is 10.9. The summed E-state index contributed by atoms with van der Waals surface area (Å²) < 4.78 is 5.55. The summed E-state index contributed by atoms with van der Waals surface area (Å²) in [5.74, 6) is -1.65. The largest absolute Gasteiger partial charge is 0.480 e. The molecule has 6 heteroatoms. The zero-order valence-electron chi connectivity index (χ0n) is 18.1. The number of fused-ring (bicyclic) bond motifs is 4. The minimum absolute atomic E-state index is 0.0857. The van der Waals surface area contributed by atoms with E-state index in [-0.39, 0.29) is 12.5 Å². The van der Waals surface area contributed by atoms with Crippen molar-refractivity contribution in [2.45, 2.75) is 24.8 Å². The number of aromatic nitrogens is 1. The third kappa shape index (κ3) is 3.74. The lowest BCUT2D eigenvalue weighted by molar-refractivity contribution is -0.139. The van der Waals surface area contributed by atoms with Gasteiger partial charge in [-0.15, -0.1) is 0 Å². The number of carboxylic acid groups (broad SMARTS) is 1. The van der Waals surface area contributed by atoms with E-state index in [4.69, 9.17) is 4.74 Å². The Hall–Kier alpha value is -4.06. The number of hydrogen-bond donors (Lipinski definition) is 3. The van der Waals surface area contributed by atoms with E-state index in [2.05, 4.69) is 22.4 Å². The summed E-state index contributed by atoms with van der Waals surface area (Å²) in [4.78, 5) is 27.8. The molecule has 3 aromatic carbocycles. The average molecular weight is 440 g/mol. The summed E-state index contributed by atoms with van der Waals surface area (Å²) in [6.07, 6.45) is 1.06. The first kappa shape index (κ1) is 20.8. The van der Waals surface area contributed by atoms with Crippen molar-refractivity contribution in [3.8, 4) is 11.1 Å². The second kappa shape index (κ2) is 8.47. The number of hydrogen-bond acceptors (Lipinski definition) is 3. The van der Waals surface area contributed by atoms with Gasteiger partial charge in [0.1, 0.15) is 12.6 Å². The van der Waals surface area contributed by atoms with Crippen LogP contribution in [0.4, 0.5) is 4.79 Å². The number of para-hydroxylation sites is 1. The number of H-pyrrole nitrogens is 1. The molecule has 0 saturated carbocycles. The van der Waals surface area contributed by atoms with Gasteiger partial charge in [-0.05, 0) is 33.9 Å². The van der Waals surface area contributed by atoms with E-state index in [1.165, 1.54) is 0 Å². The molecular formula is C27H24N2O4. The van der Waals surface area contributed by atoms with E-state index in [0.717, 1.165) is 38.7 Å². The van der Waals surface area contributed by atoms with E-state index >= 15 is 0 Å². The lowest BCUT2D eigenvalue weighted by atomic mass is 9.93. The number of carbonyl (C=O) groups is 2. The van der Waals surface area contributed by atoms with E-state index in [1.54, 1.807) is 13.1 Å². The number of carbonyl (C=O) groups excluding carboxylic acids is 1. The number of rotatable bonds is 6. The van der Waals surface area contributed by atoms with Gasteiger partial charge in [0.15, 0.2) is 0 Å². The van der Waals surface area contributed by atoms with Gasteiger partial charge < -0.3 is 20.1 Å². The molecule has 5 rings (SSSR count). The standard InChI is InChI=1S/C27H24N2O4/c1-16(22-14-28-24-13-7-6-12-21(22)24)25(26(30)31)29-27(32)33-15-23-19-10-4-2-8-17(19)18-9-3-5-11-20(18)23/h2-14,16,23,25,28H,15H2,1H3,(H,29,32)(H,30,31)/t16-,25-/m1/s1. The van der Waals surface area contributed by atoms with Crippen LogP contribution in [0.3, 0.4) is 0 Å². The molecule has 0 aliphatic heterocycles. The quantitative estimate of drug-likeness (QED) is 0.381. The minimum Gasteiger partial charge on any atom is -0.480 e. The maximum absolute atomic E-state index is 12.7. The molecule has 0 bridgehead atoms. The van der Waals surface area contributed by atoms with Gasteiger partial charge in [-0.25, -0.2) is 9.59 Å². The summed E-state index contributed by atoms with van der Waals surface area (Å²) in [7, 11) is 0. The van der Waals surface area contributed by atoms with Gasteiger partial charge in [0.05, 0.1) is 0 Å². The Bertz CT molecular complexity index is 1300. The highest BCUT2D eigenvalue weighted by atomic mass is 16.5. The second-order valence-corrected chi connectivity index (χ2v) is 8.36. The van der Waals surface area contributed by atoms with E-state index in [0.29, 0.717) is 0 Å². The third-order valence-corrected chi connectivity index (χ3v) is 6.49. The Morgan fingerprint density at radius 1 is 0.970 bits per heavy atom. The van der Waals surface area contributed by atoms with Crippen molar-refractivity contribution in [3.63, 3.8) is 0 Å². The molecule has 0 spiro atoms. The number of benzene rings is 3.